The Morgan fingerprint density at radius 1 is 1.12 bits per heavy atom. The molecular weight excluding hydrogens is 322 g/mol. The van der Waals surface area contributed by atoms with Crippen LogP contribution in [0.2, 0.25) is 0 Å². The van der Waals surface area contributed by atoms with Crippen LogP contribution in [0.1, 0.15) is 27.6 Å². The minimum Gasteiger partial charge on any atom is -0.425 e. The standard InChI is InChI=1S/C18H13N3O4/c1-10(21-16(22)12-4-2-3-5-13(12)17(21)23)18(24)25-11-6-7-14-15(8-11)20-9-19-14/h2-10H,1H3,(H,19,20). The van der Waals surface area contributed by atoms with Crippen LogP contribution in [-0.2, 0) is 4.79 Å². The third kappa shape index (κ3) is 2.37. The van der Waals surface area contributed by atoms with Crippen molar-refractivity contribution in [2.75, 3.05) is 0 Å². The highest BCUT2D eigenvalue weighted by atomic mass is 16.5. The minimum absolute atomic E-state index is 0.297. The van der Waals surface area contributed by atoms with E-state index in [1.54, 1.807) is 42.5 Å². The number of hydrogen-bond donors (Lipinski definition) is 1. The number of aromatic nitrogens is 2. The number of amides is 2. The smallest absolute Gasteiger partial charge is 0.334 e. The van der Waals surface area contributed by atoms with Crippen LogP contribution < -0.4 is 4.74 Å². The molecule has 1 aliphatic rings. The van der Waals surface area contributed by atoms with Crippen molar-refractivity contribution in [3.05, 3.63) is 59.9 Å². The first-order valence-corrected chi connectivity index (χ1v) is 7.68. The zero-order chi connectivity index (χ0) is 17.6. The van der Waals surface area contributed by atoms with E-state index in [-0.39, 0.29) is 0 Å². The lowest BCUT2D eigenvalue weighted by atomic mass is 10.1. The summed E-state index contributed by atoms with van der Waals surface area (Å²) in [5, 5.41) is 0. The summed E-state index contributed by atoms with van der Waals surface area (Å²) in [6.45, 7) is 1.47. The number of ether oxygens (including phenoxy) is 1. The monoisotopic (exact) mass is 335 g/mol. The number of nitrogens with zero attached hydrogens (tertiary/aromatic N) is 2. The Morgan fingerprint density at radius 2 is 1.80 bits per heavy atom. The summed E-state index contributed by atoms with van der Waals surface area (Å²) in [5.74, 6) is -1.36. The summed E-state index contributed by atoms with van der Waals surface area (Å²) in [6.07, 6.45) is 1.54. The van der Waals surface area contributed by atoms with Gasteiger partial charge in [-0.15, -0.1) is 0 Å². The number of carbonyl (C=O) groups is 3. The Hall–Kier alpha value is -3.48. The van der Waals surface area contributed by atoms with Crippen LogP contribution in [0.3, 0.4) is 0 Å². The van der Waals surface area contributed by atoms with Gasteiger partial charge in [0.1, 0.15) is 11.8 Å². The maximum atomic E-state index is 12.4. The molecule has 7 heteroatoms. The van der Waals surface area contributed by atoms with E-state index in [1.807, 2.05) is 0 Å². The number of aromatic amines is 1. The zero-order valence-electron chi connectivity index (χ0n) is 13.2. The molecule has 7 nitrogen and oxygen atoms in total. The molecule has 2 aromatic carbocycles. The average Bonchev–Trinajstić information content (AvgIpc) is 3.18. The molecule has 1 unspecified atom stereocenters. The molecule has 0 fully saturated rings. The normalized spacial score (nSPS) is 14.7. The van der Waals surface area contributed by atoms with Crippen molar-refractivity contribution >= 4 is 28.8 Å². The number of nitrogens with one attached hydrogen (secondary N) is 1. The van der Waals surface area contributed by atoms with Gasteiger partial charge in [-0.25, -0.2) is 9.78 Å². The highest BCUT2D eigenvalue weighted by Crippen LogP contribution is 2.25. The molecule has 124 valence electrons. The van der Waals surface area contributed by atoms with Crippen LogP contribution in [-0.4, -0.2) is 38.7 Å². The molecule has 0 saturated carbocycles. The molecule has 0 spiro atoms. The molecule has 1 aliphatic heterocycles. The Balaban J connectivity index is 1.56. The Bertz CT molecular complexity index is 989. The second-order valence-corrected chi connectivity index (χ2v) is 5.70. The van der Waals surface area contributed by atoms with Gasteiger partial charge in [0.05, 0.1) is 28.5 Å². The van der Waals surface area contributed by atoms with E-state index in [0.29, 0.717) is 16.9 Å². The largest absolute Gasteiger partial charge is 0.425 e. The highest BCUT2D eigenvalue weighted by molar-refractivity contribution is 6.22. The summed E-state index contributed by atoms with van der Waals surface area (Å²) in [6, 6.07) is 10.4. The first-order valence-electron chi connectivity index (χ1n) is 7.68. The van der Waals surface area contributed by atoms with Gasteiger partial charge in [-0.3, -0.25) is 14.5 Å². The quantitative estimate of drug-likeness (QED) is 0.450. The van der Waals surface area contributed by atoms with Crippen LogP contribution in [0.4, 0.5) is 0 Å². The number of rotatable bonds is 3. The fraction of sp³-hybridized carbons (Fsp3) is 0.111. The lowest BCUT2D eigenvalue weighted by Crippen LogP contribution is -2.44. The molecule has 4 rings (SSSR count). The van der Waals surface area contributed by atoms with E-state index < -0.39 is 23.8 Å². The maximum Gasteiger partial charge on any atom is 0.334 e. The van der Waals surface area contributed by atoms with E-state index in [9.17, 15) is 14.4 Å². The van der Waals surface area contributed by atoms with Gasteiger partial charge in [-0.05, 0) is 31.2 Å². The molecule has 1 N–H and O–H groups in total. The van der Waals surface area contributed by atoms with Crippen molar-refractivity contribution in [2.45, 2.75) is 13.0 Å². The number of hydrogen-bond acceptors (Lipinski definition) is 5. The van der Waals surface area contributed by atoms with Crippen LogP contribution in [0.25, 0.3) is 11.0 Å². The van der Waals surface area contributed by atoms with Crippen LogP contribution in [0.5, 0.6) is 5.75 Å². The fourth-order valence-electron chi connectivity index (χ4n) is 2.84. The van der Waals surface area contributed by atoms with Gasteiger partial charge in [0, 0.05) is 6.07 Å². The number of imidazole rings is 1. The molecule has 1 aromatic heterocycles. The van der Waals surface area contributed by atoms with E-state index in [4.69, 9.17) is 4.74 Å². The predicted octanol–water partition coefficient (Wildman–Crippen LogP) is 2.15. The summed E-state index contributed by atoms with van der Waals surface area (Å²) in [4.78, 5) is 45.2. The lowest BCUT2D eigenvalue weighted by Gasteiger charge is -2.20. The third-order valence-corrected chi connectivity index (χ3v) is 4.16. The topological polar surface area (TPSA) is 92.4 Å². The number of H-pyrrole nitrogens is 1. The van der Waals surface area contributed by atoms with Gasteiger partial charge in [0.15, 0.2) is 0 Å². The molecule has 2 heterocycles. The highest BCUT2D eigenvalue weighted by Gasteiger charge is 2.41. The SMILES string of the molecule is CC(C(=O)Oc1ccc2nc[nH]c2c1)N1C(=O)c2ccccc2C1=O. The first kappa shape index (κ1) is 15.1. The van der Waals surface area contributed by atoms with Gasteiger partial charge < -0.3 is 9.72 Å². The Morgan fingerprint density at radius 3 is 2.48 bits per heavy atom. The second kappa shape index (κ2) is 5.55. The summed E-state index contributed by atoms with van der Waals surface area (Å²) in [5.41, 5.74) is 2.06. The van der Waals surface area contributed by atoms with Gasteiger partial charge >= 0.3 is 5.97 Å². The minimum atomic E-state index is -1.04. The molecule has 0 aliphatic carbocycles. The summed E-state index contributed by atoms with van der Waals surface area (Å²) >= 11 is 0. The number of esters is 1. The lowest BCUT2D eigenvalue weighted by molar-refractivity contribution is -0.138. The molecule has 25 heavy (non-hydrogen) atoms. The van der Waals surface area contributed by atoms with Crippen molar-refractivity contribution in [1.82, 2.24) is 14.9 Å². The van der Waals surface area contributed by atoms with Crippen molar-refractivity contribution in [3.8, 4) is 5.75 Å². The molecule has 0 saturated heterocycles. The third-order valence-electron chi connectivity index (χ3n) is 4.16. The van der Waals surface area contributed by atoms with Gasteiger partial charge in [0.25, 0.3) is 11.8 Å². The van der Waals surface area contributed by atoms with E-state index in [2.05, 4.69) is 9.97 Å². The summed E-state index contributed by atoms with van der Waals surface area (Å²) < 4.78 is 5.33. The van der Waals surface area contributed by atoms with Crippen LogP contribution in [0.15, 0.2) is 48.8 Å². The average molecular weight is 335 g/mol. The maximum absolute atomic E-state index is 12.4. The van der Waals surface area contributed by atoms with Gasteiger partial charge in [0.2, 0.25) is 0 Å². The van der Waals surface area contributed by atoms with Crippen LogP contribution >= 0.6 is 0 Å². The fourth-order valence-corrected chi connectivity index (χ4v) is 2.84. The van der Waals surface area contributed by atoms with Gasteiger partial charge in [-0.1, -0.05) is 12.1 Å². The van der Waals surface area contributed by atoms with Crippen molar-refractivity contribution in [2.24, 2.45) is 0 Å². The first-order chi connectivity index (χ1) is 12.1. The van der Waals surface area contributed by atoms with E-state index in [1.165, 1.54) is 13.3 Å². The summed E-state index contributed by atoms with van der Waals surface area (Å²) in [7, 11) is 0. The molecular formula is C18H13N3O4. The molecule has 0 radical (unpaired) electrons. The number of imide groups is 1. The van der Waals surface area contributed by atoms with Crippen LogP contribution in [0, 0.1) is 0 Å². The van der Waals surface area contributed by atoms with Gasteiger partial charge in [-0.2, -0.15) is 0 Å². The Labute approximate surface area is 142 Å². The molecule has 0 bridgehead atoms. The second-order valence-electron chi connectivity index (χ2n) is 5.70. The predicted molar refractivity (Wildman–Crippen MR) is 88.1 cm³/mol. The van der Waals surface area contributed by atoms with Crippen molar-refractivity contribution in [1.29, 1.82) is 0 Å². The van der Waals surface area contributed by atoms with E-state index >= 15 is 0 Å². The van der Waals surface area contributed by atoms with E-state index in [0.717, 1.165) is 15.9 Å². The molecule has 3 aromatic rings. The van der Waals surface area contributed by atoms with Crippen molar-refractivity contribution < 1.29 is 19.1 Å². The molecule has 1 atom stereocenters. The molecule has 2 amide bonds. The zero-order valence-corrected chi connectivity index (χ0v) is 13.2. The number of carbonyl (C=O) groups excluding carboxylic acids is 3. The Kier molecular flexibility index (Phi) is 3.35. The number of benzene rings is 2. The number of fused-ring (bicyclic) bond motifs is 2. The van der Waals surface area contributed by atoms with Crippen molar-refractivity contribution in [3.63, 3.8) is 0 Å².